The largest absolute Gasteiger partial charge is 0.311 e. The molecule has 0 radical (unpaired) electrons. The van der Waals surface area contributed by atoms with Crippen LogP contribution in [0.3, 0.4) is 0 Å². The number of nitrogens with zero attached hydrogens (tertiary/aromatic N) is 1. The van der Waals surface area contributed by atoms with Gasteiger partial charge >= 0.3 is 0 Å². The molecule has 0 fully saturated rings. The van der Waals surface area contributed by atoms with Gasteiger partial charge in [-0.05, 0) is 12.8 Å². The Bertz CT molecular complexity index is 370. The maximum absolute atomic E-state index is 11.7. The van der Waals surface area contributed by atoms with Crippen molar-refractivity contribution in [1.29, 1.82) is 0 Å². The Labute approximate surface area is 109 Å². The fraction of sp³-hybridized carbons (Fsp3) is 0.643. The van der Waals surface area contributed by atoms with Gasteiger partial charge in [0.15, 0.2) is 11.5 Å². The Hall–Kier alpha value is -1.29. The molecule has 0 aliphatic heterocycles. The van der Waals surface area contributed by atoms with Crippen LogP contribution in [0.2, 0.25) is 0 Å². The molecule has 1 aliphatic carbocycles. The van der Waals surface area contributed by atoms with E-state index in [2.05, 4.69) is 18.8 Å². The molecule has 0 spiro atoms. The summed E-state index contributed by atoms with van der Waals surface area (Å²) in [6, 6.07) is 0. The first-order valence-electron chi connectivity index (χ1n) is 6.84. The van der Waals surface area contributed by atoms with E-state index in [0.29, 0.717) is 18.0 Å². The minimum Gasteiger partial charge on any atom is -0.311 e. The van der Waals surface area contributed by atoms with E-state index in [4.69, 9.17) is 0 Å². The van der Waals surface area contributed by atoms with E-state index in [1.54, 1.807) is 6.08 Å². The predicted molar refractivity (Wildman–Crippen MR) is 71.6 cm³/mol. The zero-order chi connectivity index (χ0) is 13.4. The van der Waals surface area contributed by atoms with Crippen molar-refractivity contribution >= 4 is 17.3 Å². The molecule has 0 saturated heterocycles. The zero-order valence-electron chi connectivity index (χ0n) is 11.4. The Morgan fingerprint density at radius 2 is 1.89 bits per heavy atom. The second-order valence-corrected chi connectivity index (χ2v) is 4.59. The number of unbranched alkanes of at least 4 members (excludes halogenated alkanes) is 2. The van der Waals surface area contributed by atoms with Gasteiger partial charge in [-0.3, -0.25) is 14.6 Å². The van der Waals surface area contributed by atoms with Crippen molar-refractivity contribution in [3.05, 3.63) is 11.8 Å². The van der Waals surface area contributed by atoms with Gasteiger partial charge in [-0.2, -0.15) is 0 Å². The van der Waals surface area contributed by atoms with Crippen molar-refractivity contribution < 1.29 is 14.9 Å². The van der Waals surface area contributed by atoms with E-state index in [0.717, 1.165) is 32.2 Å². The third-order valence-corrected chi connectivity index (χ3v) is 2.94. The number of quaternary nitrogens is 1. The number of hydrogen-bond acceptors (Lipinski definition) is 3. The molecular weight excluding hydrogens is 228 g/mol. The van der Waals surface area contributed by atoms with Crippen molar-refractivity contribution in [2.24, 2.45) is 4.99 Å². The number of rotatable bonds is 7. The monoisotopic (exact) mass is 251 g/mol. The number of ketones is 2. The van der Waals surface area contributed by atoms with E-state index in [9.17, 15) is 9.59 Å². The highest BCUT2D eigenvalue weighted by Crippen LogP contribution is 2.05. The molecule has 18 heavy (non-hydrogen) atoms. The Kier molecular flexibility index (Phi) is 6.50. The highest BCUT2D eigenvalue weighted by atomic mass is 16.2. The van der Waals surface area contributed by atoms with Crippen LogP contribution in [-0.4, -0.2) is 30.4 Å². The molecule has 0 aromatic rings. The smallest absolute Gasteiger partial charge is 0.223 e. The van der Waals surface area contributed by atoms with Gasteiger partial charge in [-0.25, -0.2) is 0 Å². The molecule has 2 N–H and O–H groups in total. The average molecular weight is 251 g/mol. The van der Waals surface area contributed by atoms with Crippen molar-refractivity contribution in [2.45, 2.75) is 46.0 Å². The zero-order valence-corrected chi connectivity index (χ0v) is 11.4. The summed E-state index contributed by atoms with van der Waals surface area (Å²) in [6.45, 7) is 5.77. The lowest BCUT2D eigenvalue weighted by Crippen LogP contribution is -2.84. The Balaban J connectivity index is 2.68. The van der Waals surface area contributed by atoms with Crippen LogP contribution >= 0.6 is 0 Å². The molecule has 0 aromatic carbocycles. The van der Waals surface area contributed by atoms with E-state index in [1.807, 2.05) is 5.32 Å². The van der Waals surface area contributed by atoms with Gasteiger partial charge in [-0.1, -0.05) is 26.7 Å². The van der Waals surface area contributed by atoms with Gasteiger partial charge < -0.3 is 5.32 Å². The first-order valence-corrected chi connectivity index (χ1v) is 6.84. The van der Waals surface area contributed by atoms with Gasteiger partial charge in [0.05, 0.1) is 13.0 Å². The van der Waals surface area contributed by atoms with Gasteiger partial charge in [0, 0.05) is 12.6 Å². The van der Waals surface area contributed by atoms with Crippen LogP contribution in [0, 0.1) is 0 Å². The molecule has 4 heteroatoms. The van der Waals surface area contributed by atoms with Crippen LogP contribution in [0.5, 0.6) is 0 Å². The summed E-state index contributed by atoms with van der Waals surface area (Å²) in [5, 5.41) is 1.94. The summed E-state index contributed by atoms with van der Waals surface area (Å²) >= 11 is 0. The highest BCUT2D eigenvalue weighted by molar-refractivity contribution is 6.49. The Morgan fingerprint density at radius 3 is 2.56 bits per heavy atom. The average Bonchev–Trinajstić information content (AvgIpc) is 2.34. The molecule has 100 valence electrons. The van der Waals surface area contributed by atoms with Crippen LogP contribution in [0.1, 0.15) is 46.0 Å². The summed E-state index contributed by atoms with van der Waals surface area (Å²) in [5.74, 6) is -0.200. The fourth-order valence-corrected chi connectivity index (χ4v) is 1.77. The summed E-state index contributed by atoms with van der Waals surface area (Å²) < 4.78 is 0. The molecule has 0 amide bonds. The van der Waals surface area contributed by atoms with Crippen molar-refractivity contribution in [2.75, 3.05) is 13.1 Å². The summed E-state index contributed by atoms with van der Waals surface area (Å²) in [6.07, 6.45) is 5.87. The lowest BCUT2D eigenvalue weighted by Gasteiger charge is -2.10. The second-order valence-electron chi connectivity index (χ2n) is 4.59. The Morgan fingerprint density at radius 1 is 1.17 bits per heavy atom. The standard InChI is InChI=1S/C14H22N2O2/c1-3-5-7-15-11-9-12(16-8-6-4-2)14(18)10-13(11)17/h9,15H,3-8,10H2,1-2H3/p+1. The molecule has 0 bridgehead atoms. The normalized spacial score (nSPS) is 18.3. The first-order chi connectivity index (χ1) is 8.69. The number of allylic oxidation sites excluding steroid dienone is 2. The number of nitrogens with two attached hydrogens (primary N) is 1. The van der Waals surface area contributed by atoms with Crippen LogP contribution in [-0.2, 0) is 9.59 Å². The molecule has 0 unspecified atom stereocenters. The van der Waals surface area contributed by atoms with Crippen LogP contribution in [0.15, 0.2) is 16.8 Å². The number of aliphatic imine (C=N–C) groups is 1. The maximum Gasteiger partial charge on any atom is 0.223 e. The molecule has 0 heterocycles. The van der Waals surface area contributed by atoms with E-state index >= 15 is 0 Å². The van der Waals surface area contributed by atoms with Crippen molar-refractivity contribution in [1.82, 2.24) is 0 Å². The SMILES string of the molecule is CCCCN=C1C=C([NH2+]CCCC)C(=O)CC1=O. The van der Waals surface area contributed by atoms with Crippen LogP contribution in [0.4, 0.5) is 0 Å². The third-order valence-electron chi connectivity index (χ3n) is 2.94. The first kappa shape index (κ1) is 14.8. The fourth-order valence-electron chi connectivity index (χ4n) is 1.77. The summed E-state index contributed by atoms with van der Waals surface area (Å²) in [4.78, 5) is 27.6. The van der Waals surface area contributed by atoms with Crippen molar-refractivity contribution in [3.63, 3.8) is 0 Å². The number of hydrogen-bond donors (Lipinski definition) is 1. The lowest BCUT2D eigenvalue weighted by molar-refractivity contribution is -0.600. The topological polar surface area (TPSA) is 63.1 Å². The molecule has 0 aromatic heterocycles. The minimum atomic E-state index is -0.135. The number of Topliss-reactive ketones (excluding diaryl/α,β-unsaturated/α-hetero) is 2. The van der Waals surface area contributed by atoms with E-state index in [1.165, 1.54) is 0 Å². The minimum absolute atomic E-state index is 0.0145. The molecule has 1 rings (SSSR count). The van der Waals surface area contributed by atoms with Gasteiger partial charge in [0.2, 0.25) is 5.78 Å². The van der Waals surface area contributed by atoms with E-state index in [-0.39, 0.29) is 18.0 Å². The third kappa shape index (κ3) is 4.53. The summed E-state index contributed by atoms with van der Waals surface area (Å²) in [7, 11) is 0. The maximum atomic E-state index is 11.7. The molecular formula is C14H23N2O2+. The van der Waals surface area contributed by atoms with Crippen molar-refractivity contribution in [3.8, 4) is 0 Å². The number of carbonyl (C=O) groups is 2. The number of carbonyl (C=O) groups excluding carboxylic acids is 2. The lowest BCUT2D eigenvalue weighted by atomic mass is 10.00. The quantitative estimate of drug-likeness (QED) is 0.542. The van der Waals surface area contributed by atoms with Gasteiger partial charge in [0.1, 0.15) is 5.71 Å². The molecule has 0 atom stereocenters. The molecule has 0 saturated carbocycles. The van der Waals surface area contributed by atoms with Gasteiger partial charge in [-0.15, -0.1) is 0 Å². The van der Waals surface area contributed by atoms with Gasteiger partial charge in [0.25, 0.3) is 0 Å². The van der Waals surface area contributed by atoms with E-state index < -0.39 is 0 Å². The van der Waals surface area contributed by atoms with Crippen LogP contribution in [0.25, 0.3) is 0 Å². The second kappa shape index (κ2) is 7.93. The molecule has 4 nitrogen and oxygen atoms in total. The molecule has 1 aliphatic rings. The predicted octanol–water partition coefficient (Wildman–Crippen LogP) is 1.02. The highest BCUT2D eigenvalue weighted by Gasteiger charge is 2.26. The van der Waals surface area contributed by atoms with Crippen LogP contribution < -0.4 is 5.32 Å². The summed E-state index contributed by atoms with van der Waals surface area (Å²) in [5.41, 5.74) is 1.14.